The molecule has 16 heavy (non-hydrogen) atoms. The maximum atomic E-state index is 5.94. The summed E-state index contributed by atoms with van der Waals surface area (Å²) < 4.78 is 5.94. The van der Waals surface area contributed by atoms with Gasteiger partial charge in [0.15, 0.2) is 0 Å². The molecule has 2 heterocycles. The van der Waals surface area contributed by atoms with E-state index in [1.807, 2.05) is 0 Å². The average Bonchev–Trinajstić information content (AvgIpc) is 2.69. The zero-order chi connectivity index (χ0) is 11.0. The second-order valence-electron chi connectivity index (χ2n) is 4.63. The van der Waals surface area contributed by atoms with E-state index in [4.69, 9.17) is 4.74 Å². The second-order valence-corrected chi connectivity index (χ2v) is 4.63. The van der Waals surface area contributed by atoms with Gasteiger partial charge in [0.2, 0.25) is 0 Å². The molecule has 3 rings (SSSR count). The first kappa shape index (κ1) is 10.1. The van der Waals surface area contributed by atoms with Crippen LogP contribution in [0.25, 0.3) is 0 Å². The molecule has 0 aliphatic carbocycles. The SMILES string of the molecule is CCN1CC(Oc2ccc3c(c2)CNC3)C1. The molecule has 86 valence electrons. The first-order valence-corrected chi connectivity index (χ1v) is 6.06. The van der Waals surface area contributed by atoms with Crippen LogP contribution in [-0.4, -0.2) is 30.6 Å². The zero-order valence-corrected chi connectivity index (χ0v) is 9.70. The summed E-state index contributed by atoms with van der Waals surface area (Å²) in [4.78, 5) is 2.39. The minimum Gasteiger partial charge on any atom is -0.488 e. The molecule has 1 N–H and O–H groups in total. The highest BCUT2D eigenvalue weighted by molar-refractivity contribution is 5.37. The normalized spacial score (nSPS) is 20.6. The van der Waals surface area contributed by atoms with Crippen LogP contribution in [0.15, 0.2) is 18.2 Å². The highest BCUT2D eigenvalue weighted by Crippen LogP contribution is 2.24. The Morgan fingerprint density at radius 2 is 2.12 bits per heavy atom. The Morgan fingerprint density at radius 3 is 2.94 bits per heavy atom. The minimum absolute atomic E-state index is 0.396. The highest BCUT2D eigenvalue weighted by Gasteiger charge is 2.26. The number of benzene rings is 1. The van der Waals surface area contributed by atoms with Gasteiger partial charge in [0.1, 0.15) is 11.9 Å². The predicted molar refractivity (Wildman–Crippen MR) is 63.5 cm³/mol. The summed E-state index contributed by atoms with van der Waals surface area (Å²) in [5.74, 6) is 1.03. The van der Waals surface area contributed by atoms with Gasteiger partial charge in [-0.3, -0.25) is 4.90 Å². The molecule has 0 unspecified atom stereocenters. The molecule has 0 spiro atoms. The number of likely N-dealkylation sites (tertiary alicyclic amines) is 1. The van der Waals surface area contributed by atoms with Crippen molar-refractivity contribution in [2.45, 2.75) is 26.1 Å². The van der Waals surface area contributed by atoms with Crippen molar-refractivity contribution in [3.8, 4) is 5.75 Å². The topological polar surface area (TPSA) is 24.5 Å². The van der Waals surface area contributed by atoms with Crippen molar-refractivity contribution in [1.82, 2.24) is 10.2 Å². The number of hydrogen-bond acceptors (Lipinski definition) is 3. The van der Waals surface area contributed by atoms with Crippen LogP contribution in [0.2, 0.25) is 0 Å². The number of nitrogens with zero attached hydrogens (tertiary/aromatic N) is 1. The van der Waals surface area contributed by atoms with Crippen LogP contribution in [0.5, 0.6) is 5.75 Å². The van der Waals surface area contributed by atoms with E-state index < -0.39 is 0 Å². The van der Waals surface area contributed by atoms with Crippen LogP contribution in [0.3, 0.4) is 0 Å². The Labute approximate surface area is 96.4 Å². The first-order valence-electron chi connectivity index (χ1n) is 6.06. The van der Waals surface area contributed by atoms with Crippen molar-refractivity contribution in [3.63, 3.8) is 0 Å². The third-order valence-corrected chi connectivity index (χ3v) is 3.48. The van der Waals surface area contributed by atoms with Gasteiger partial charge in [-0.05, 0) is 29.8 Å². The average molecular weight is 218 g/mol. The van der Waals surface area contributed by atoms with E-state index in [0.29, 0.717) is 6.10 Å². The van der Waals surface area contributed by atoms with E-state index in [1.54, 1.807) is 0 Å². The second kappa shape index (κ2) is 4.07. The van der Waals surface area contributed by atoms with Crippen LogP contribution in [0.1, 0.15) is 18.1 Å². The maximum absolute atomic E-state index is 5.94. The van der Waals surface area contributed by atoms with Crippen molar-refractivity contribution in [2.24, 2.45) is 0 Å². The van der Waals surface area contributed by atoms with Gasteiger partial charge in [0.05, 0.1) is 0 Å². The summed E-state index contributed by atoms with van der Waals surface area (Å²) in [5.41, 5.74) is 2.81. The summed E-state index contributed by atoms with van der Waals surface area (Å²) in [6.07, 6.45) is 0.396. The third kappa shape index (κ3) is 1.81. The van der Waals surface area contributed by atoms with Crippen molar-refractivity contribution in [3.05, 3.63) is 29.3 Å². The fraction of sp³-hybridized carbons (Fsp3) is 0.538. The minimum atomic E-state index is 0.396. The van der Waals surface area contributed by atoms with E-state index >= 15 is 0 Å². The quantitative estimate of drug-likeness (QED) is 0.829. The maximum Gasteiger partial charge on any atom is 0.124 e. The number of likely N-dealkylation sites (N-methyl/N-ethyl adjacent to an activating group) is 1. The van der Waals surface area contributed by atoms with Gasteiger partial charge in [-0.2, -0.15) is 0 Å². The lowest BCUT2D eigenvalue weighted by Gasteiger charge is -2.38. The van der Waals surface area contributed by atoms with Crippen LogP contribution < -0.4 is 10.1 Å². The van der Waals surface area contributed by atoms with Crippen molar-refractivity contribution < 1.29 is 4.74 Å². The molecular formula is C13H18N2O. The van der Waals surface area contributed by atoms with Crippen LogP contribution >= 0.6 is 0 Å². The van der Waals surface area contributed by atoms with Crippen molar-refractivity contribution >= 4 is 0 Å². The molecule has 1 aromatic rings. The molecule has 2 aliphatic heterocycles. The summed E-state index contributed by atoms with van der Waals surface area (Å²) in [6, 6.07) is 6.46. The molecule has 0 aromatic heterocycles. The monoisotopic (exact) mass is 218 g/mol. The predicted octanol–water partition coefficient (Wildman–Crippen LogP) is 1.37. The molecule has 0 bridgehead atoms. The molecule has 2 aliphatic rings. The Morgan fingerprint density at radius 1 is 1.31 bits per heavy atom. The van der Waals surface area contributed by atoms with E-state index in [0.717, 1.165) is 38.5 Å². The van der Waals surface area contributed by atoms with Gasteiger partial charge in [-0.25, -0.2) is 0 Å². The lowest BCUT2D eigenvalue weighted by Crippen LogP contribution is -2.53. The summed E-state index contributed by atoms with van der Waals surface area (Å²) >= 11 is 0. The smallest absolute Gasteiger partial charge is 0.124 e. The summed E-state index contributed by atoms with van der Waals surface area (Å²) in [6.45, 7) is 7.46. The lowest BCUT2D eigenvalue weighted by molar-refractivity contribution is 0.0238. The molecule has 0 atom stereocenters. The van der Waals surface area contributed by atoms with Gasteiger partial charge in [0, 0.05) is 26.2 Å². The molecule has 0 saturated carbocycles. The van der Waals surface area contributed by atoms with E-state index in [-0.39, 0.29) is 0 Å². The molecule has 0 amide bonds. The number of fused-ring (bicyclic) bond motifs is 1. The van der Waals surface area contributed by atoms with Crippen molar-refractivity contribution in [2.75, 3.05) is 19.6 Å². The Kier molecular flexibility index (Phi) is 2.58. The largest absolute Gasteiger partial charge is 0.488 e. The molecule has 1 fully saturated rings. The van der Waals surface area contributed by atoms with Gasteiger partial charge in [-0.15, -0.1) is 0 Å². The fourth-order valence-electron chi connectivity index (χ4n) is 2.39. The van der Waals surface area contributed by atoms with Gasteiger partial charge >= 0.3 is 0 Å². The van der Waals surface area contributed by atoms with Crippen LogP contribution in [0.4, 0.5) is 0 Å². The first-order chi connectivity index (χ1) is 7.85. The number of nitrogens with one attached hydrogen (secondary N) is 1. The standard InChI is InChI=1S/C13H18N2O/c1-2-15-8-13(9-15)16-12-4-3-10-6-14-7-11(10)5-12/h3-5,13-14H,2,6-9H2,1H3. The van der Waals surface area contributed by atoms with E-state index in [1.165, 1.54) is 11.1 Å². The molecule has 0 radical (unpaired) electrons. The van der Waals surface area contributed by atoms with Gasteiger partial charge in [-0.1, -0.05) is 13.0 Å². The molecule has 1 aromatic carbocycles. The molecule has 3 heteroatoms. The van der Waals surface area contributed by atoms with Crippen LogP contribution in [0, 0.1) is 0 Å². The molecule has 3 nitrogen and oxygen atoms in total. The number of ether oxygens (including phenoxy) is 1. The highest BCUT2D eigenvalue weighted by atomic mass is 16.5. The third-order valence-electron chi connectivity index (χ3n) is 3.48. The van der Waals surface area contributed by atoms with Gasteiger partial charge < -0.3 is 10.1 Å². The Hall–Kier alpha value is -1.06. The number of rotatable bonds is 3. The summed E-state index contributed by atoms with van der Waals surface area (Å²) in [7, 11) is 0. The van der Waals surface area contributed by atoms with Crippen LogP contribution in [-0.2, 0) is 13.1 Å². The summed E-state index contributed by atoms with van der Waals surface area (Å²) in [5, 5.41) is 3.35. The molecule has 1 saturated heterocycles. The van der Waals surface area contributed by atoms with Crippen molar-refractivity contribution in [1.29, 1.82) is 0 Å². The molecular weight excluding hydrogens is 200 g/mol. The Bertz CT molecular complexity index is 386. The van der Waals surface area contributed by atoms with E-state index in [2.05, 4.69) is 35.3 Å². The van der Waals surface area contributed by atoms with Gasteiger partial charge in [0.25, 0.3) is 0 Å². The lowest BCUT2D eigenvalue weighted by atomic mass is 10.1. The van der Waals surface area contributed by atoms with E-state index in [9.17, 15) is 0 Å². The Balaban J connectivity index is 1.63. The number of hydrogen-bond donors (Lipinski definition) is 1. The zero-order valence-electron chi connectivity index (χ0n) is 9.70. The fourth-order valence-corrected chi connectivity index (χ4v) is 2.39.